The van der Waals surface area contributed by atoms with Gasteiger partial charge >= 0.3 is 6.09 Å². The molecule has 2 rings (SSSR count). The van der Waals surface area contributed by atoms with E-state index in [0.717, 1.165) is 12.8 Å². The van der Waals surface area contributed by atoms with E-state index in [2.05, 4.69) is 5.32 Å². The van der Waals surface area contributed by atoms with Gasteiger partial charge in [0.05, 0.1) is 6.61 Å². The number of carbonyl (C=O) groups excluding carboxylic acids is 2. The Balaban J connectivity index is 1.79. The highest BCUT2D eigenvalue weighted by molar-refractivity contribution is 5.86. The molecule has 1 heterocycles. The maximum atomic E-state index is 12.3. The summed E-state index contributed by atoms with van der Waals surface area (Å²) in [5.41, 5.74) is 1.19. The first-order chi connectivity index (χ1) is 11.1. The third kappa shape index (κ3) is 5.27. The van der Waals surface area contributed by atoms with Crippen LogP contribution in [0.25, 0.3) is 0 Å². The predicted octanol–water partition coefficient (Wildman–Crippen LogP) is 2.60. The van der Waals surface area contributed by atoms with Gasteiger partial charge < -0.3 is 10.1 Å². The van der Waals surface area contributed by atoms with Crippen molar-refractivity contribution >= 4 is 12.0 Å². The van der Waals surface area contributed by atoms with E-state index in [9.17, 15) is 9.59 Å². The van der Waals surface area contributed by atoms with Gasteiger partial charge in [-0.3, -0.25) is 9.69 Å². The number of rotatable bonds is 6. The molecule has 0 saturated carbocycles. The predicted molar refractivity (Wildman–Crippen MR) is 89.1 cm³/mol. The largest absolute Gasteiger partial charge is 0.449 e. The van der Waals surface area contributed by atoms with Crippen molar-refractivity contribution in [2.45, 2.75) is 39.2 Å². The highest BCUT2D eigenvalue weighted by Crippen LogP contribution is 2.18. The Morgan fingerprint density at radius 1 is 1.30 bits per heavy atom. The van der Waals surface area contributed by atoms with E-state index < -0.39 is 6.04 Å². The van der Waals surface area contributed by atoms with Gasteiger partial charge in [0.25, 0.3) is 0 Å². The van der Waals surface area contributed by atoms with E-state index in [-0.39, 0.29) is 12.0 Å². The fraction of sp³-hybridized carbons (Fsp3) is 0.556. The number of carbonyl (C=O) groups is 2. The fourth-order valence-electron chi connectivity index (χ4n) is 2.67. The molecule has 0 aliphatic carbocycles. The van der Waals surface area contributed by atoms with Crippen LogP contribution in [0, 0.1) is 5.92 Å². The van der Waals surface area contributed by atoms with E-state index in [1.165, 1.54) is 5.56 Å². The molecule has 0 unspecified atom stereocenters. The number of hydrogen-bond donors (Lipinski definition) is 1. The Morgan fingerprint density at radius 2 is 2.04 bits per heavy atom. The van der Waals surface area contributed by atoms with E-state index in [1.807, 2.05) is 44.2 Å². The molecule has 1 aliphatic rings. The summed E-state index contributed by atoms with van der Waals surface area (Å²) in [6, 6.07) is 9.63. The van der Waals surface area contributed by atoms with Crippen LogP contribution in [0.5, 0.6) is 0 Å². The van der Waals surface area contributed by atoms with Crippen LogP contribution in [0.2, 0.25) is 0 Å². The first-order valence-corrected chi connectivity index (χ1v) is 8.33. The van der Waals surface area contributed by atoms with Crippen molar-refractivity contribution in [3.63, 3.8) is 0 Å². The molecule has 126 valence electrons. The lowest BCUT2D eigenvalue weighted by atomic mass is 10.1. The van der Waals surface area contributed by atoms with Crippen molar-refractivity contribution in [3.8, 4) is 0 Å². The van der Waals surface area contributed by atoms with E-state index in [4.69, 9.17) is 4.74 Å². The summed E-state index contributed by atoms with van der Waals surface area (Å²) in [5.74, 6) is 0.208. The Hall–Kier alpha value is -2.04. The summed E-state index contributed by atoms with van der Waals surface area (Å²) < 4.78 is 5.25. The van der Waals surface area contributed by atoms with Crippen LogP contribution in [0.4, 0.5) is 4.79 Å². The number of ether oxygens (including phenoxy) is 1. The molecule has 5 heteroatoms. The number of likely N-dealkylation sites (tertiary alicyclic amines) is 1. The molecule has 0 aromatic heterocycles. The Morgan fingerprint density at radius 3 is 2.74 bits per heavy atom. The molecule has 1 N–H and O–H groups in total. The molecule has 0 spiro atoms. The van der Waals surface area contributed by atoms with E-state index in [1.54, 1.807) is 4.90 Å². The molecule has 0 bridgehead atoms. The molecule has 5 nitrogen and oxygen atoms in total. The molecular formula is C18H26N2O3. The monoisotopic (exact) mass is 318 g/mol. The number of benzene rings is 1. The minimum atomic E-state index is -0.398. The molecule has 1 fully saturated rings. The van der Waals surface area contributed by atoms with Crippen LogP contribution in [0.15, 0.2) is 30.3 Å². The lowest BCUT2D eigenvalue weighted by Crippen LogP contribution is -2.46. The summed E-state index contributed by atoms with van der Waals surface area (Å²) >= 11 is 0. The van der Waals surface area contributed by atoms with Crippen LogP contribution >= 0.6 is 0 Å². The van der Waals surface area contributed by atoms with Crippen molar-refractivity contribution in [1.29, 1.82) is 0 Å². The van der Waals surface area contributed by atoms with Gasteiger partial charge in [-0.15, -0.1) is 0 Å². The molecule has 1 saturated heterocycles. The van der Waals surface area contributed by atoms with Gasteiger partial charge in [0.1, 0.15) is 6.04 Å². The summed E-state index contributed by atoms with van der Waals surface area (Å²) in [4.78, 5) is 26.0. The molecule has 1 atom stereocenters. The smallest absolute Gasteiger partial charge is 0.410 e. The fourth-order valence-corrected chi connectivity index (χ4v) is 2.67. The third-order valence-electron chi connectivity index (χ3n) is 3.89. The highest BCUT2D eigenvalue weighted by Gasteiger charge is 2.34. The van der Waals surface area contributed by atoms with Gasteiger partial charge in [0.15, 0.2) is 0 Å². The second kappa shape index (κ2) is 8.56. The molecule has 1 aromatic rings. The Kier molecular flexibility index (Phi) is 6.44. The quantitative estimate of drug-likeness (QED) is 0.877. The van der Waals surface area contributed by atoms with Crippen molar-refractivity contribution in [2.75, 3.05) is 19.7 Å². The zero-order valence-corrected chi connectivity index (χ0v) is 14.0. The Bertz CT molecular complexity index is 516. The van der Waals surface area contributed by atoms with E-state index >= 15 is 0 Å². The van der Waals surface area contributed by atoms with Gasteiger partial charge in [-0.2, -0.15) is 0 Å². The lowest BCUT2D eigenvalue weighted by molar-refractivity contribution is -0.125. The molecule has 0 radical (unpaired) electrons. The molecule has 23 heavy (non-hydrogen) atoms. The minimum absolute atomic E-state index is 0.0834. The maximum absolute atomic E-state index is 12.3. The summed E-state index contributed by atoms with van der Waals surface area (Å²) in [6.45, 7) is 5.54. The average Bonchev–Trinajstić information content (AvgIpc) is 3.03. The Labute approximate surface area is 138 Å². The van der Waals surface area contributed by atoms with Gasteiger partial charge in [-0.25, -0.2) is 4.79 Å². The molecular weight excluding hydrogens is 292 g/mol. The SMILES string of the molecule is CC(C)COC(=O)N1CCC[C@H]1C(=O)NCCc1ccccc1. The van der Waals surface area contributed by atoms with Gasteiger partial charge in [0, 0.05) is 13.1 Å². The second-order valence-corrected chi connectivity index (χ2v) is 6.35. The van der Waals surface area contributed by atoms with Gasteiger partial charge in [0.2, 0.25) is 5.91 Å². The standard InChI is InChI=1S/C18H26N2O3/c1-14(2)13-23-18(22)20-12-6-9-16(20)17(21)19-11-10-15-7-4-3-5-8-15/h3-5,7-8,14,16H,6,9-13H2,1-2H3,(H,19,21)/t16-/m0/s1. The molecule has 1 aliphatic heterocycles. The van der Waals surface area contributed by atoms with Crippen molar-refractivity contribution < 1.29 is 14.3 Å². The third-order valence-corrected chi connectivity index (χ3v) is 3.89. The second-order valence-electron chi connectivity index (χ2n) is 6.35. The number of amides is 2. The zero-order chi connectivity index (χ0) is 16.7. The summed E-state index contributed by atoms with van der Waals surface area (Å²) in [5, 5.41) is 2.93. The minimum Gasteiger partial charge on any atom is -0.449 e. The first kappa shape index (κ1) is 17.3. The lowest BCUT2D eigenvalue weighted by Gasteiger charge is -2.23. The van der Waals surface area contributed by atoms with Crippen LogP contribution in [-0.2, 0) is 16.0 Å². The van der Waals surface area contributed by atoms with E-state index in [0.29, 0.717) is 32.0 Å². The van der Waals surface area contributed by atoms with Crippen LogP contribution in [0.3, 0.4) is 0 Å². The van der Waals surface area contributed by atoms with Gasteiger partial charge in [-0.1, -0.05) is 44.2 Å². The van der Waals surface area contributed by atoms with Crippen LogP contribution in [-0.4, -0.2) is 42.6 Å². The zero-order valence-electron chi connectivity index (χ0n) is 14.0. The normalized spacial score (nSPS) is 17.3. The first-order valence-electron chi connectivity index (χ1n) is 8.33. The molecule has 1 aromatic carbocycles. The topological polar surface area (TPSA) is 58.6 Å². The van der Waals surface area contributed by atoms with Crippen LogP contribution in [0.1, 0.15) is 32.3 Å². The van der Waals surface area contributed by atoms with Crippen molar-refractivity contribution in [3.05, 3.63) is 35.9 Å². The van der Waals surface area contributed by atoms with Crippen LogP contribution < -0.4 is 5.32 Å². The molecule has 2 amide bonds. The summed E-state index contributed by atoms with van der Waals surface area (Å²) in [6.07, 6.45) is 1.96. The van der Waals surface area contributed by atoms with Crippen molar-refractivity contribution in [2.24, 2.45) is 5.92 Å². The average molecular weight is 318 g/mol. The number of nitrogens with one attached hydrogen (secondary N) is 1. The van der Waals surface area contributed by atoms with Crippen molar-refractivity contribution in [1.82, 2.24) is 10.2 Å². The summed E-state index contributed by atoms with van der Waals surface area (Å²) in [7, 11) is 0. The highest BCUT2D eigenvalue weighted by atomic mass is 16.6. The van der Waals surface area contributed by atoms with Gasteiger partial charge in [-0.05, 0) is 30.7 Å². The number of nitrogens with zero attached hydrogens (tertiary/aromatic N) is 1. The number of hydrogen-bond acceptors (Lipinski definition) is 3. The maximum Gasteiger partial charge on any atom is 0.410 e.